The summed E-state index contributed by atoms with van der Waals surface area (Å²) >= 11 is 0. The molecule has 0 aromatic heterocycles. The van der Waals surface area contributed by atoms with E-state index in [0.29, 0.717) is 58.7 Å². The topological polar surface area (TPSA) is 82.1 Å². The van der Waals surface area contributed by atoms with Gasteiger partial charge in [-0.25, -0.2) is 0 Å². The molecule has 0 N–H and O–H groups in total. The fraction of sp³-hybridized carbons (Fsp3) is 0.960. The van der Waals surface area contributed by atoms with E-state index in [9.17, 15) is 14.4 Å². The van der Waals surface area contributed by atoms with Gasteiger partial charge in [-0.2, -0.15) is 0 Å². The van der Waals surface area contributed by atoms with E-state index in [1.54, 1.807) is 0 Å². The van der Waals surface area contributed by atoms with E-state index in [2.05, 4.69) is 25.7 Å². The zero-order valence-electron chi connectivity index (χ0n) is 56.2. The molecular formula is C75H147NO6. The molecule has 0 saturated heterocycles. The molecule has 0 amide bonds. The molecule has 488 valence electrons. The van der Waals surface area contributed by atoms with Crippen LogP contribution in [-0.2, 0) is 28.6 Å². The Morgan fingerprint density at radius 2 is 0.317 bits per heavy atom. The van der Waals surface area contributed by atoms with Crippen molar-refractivity contribution in [1.82, 2.24) is 4.90 Å². The maximum Gasteiger partial charge on any atom is 0.305 e. The lowest BCUT2D eigenvalue weighted by Gasteiger charge is -2.22. The monoisotopic (exact) mass is 1160 g/mol. The molecule has 0 fully saturated rings. The van der Waals surface area contributed by atoms with Gasteiger partial charge < -0.3 is 14.2 Å². The number of rotatable bonds is 72. The lowest BCUT2D eigenvalue weighted by atomic mass is 10.0. The predicted molar refractivity (Wildman–Crippen MR) is 357 cm³/mol. The second kappa shape index (κ2) is 71.8. The summed E-state index contributed by atoms with van der Waals surface area (Å²) in [6, 6.07) is 0. The molecule has 0 spiro atoms. The third-order valence-electron chi connectivity index (χ3n) is 17.7. The molecule has 0 atom stereocenters. The molecule has 0 radical (unpaired) electrons. The van der Waals surface area contributed by atoms with Gasteiger partial charge in [0.1, 0.15) is 19.8 Å². The quantitative estimate of drug-likeness (QED) is 0.0341. The van der Waals surface area contributed by atoms with Gasteiger partial charge in [-0.05, 0) is 19.3 Å². The highest BCUT2D eigenvalue weighted by Crippen LogP contribution is 2.19. The number of nitrogens with zero attached hydrogens (tertiary/aromatic N) is 1. The van der Waals surface area contributed by atoms with E-state index < -0.39 is 0 Å². The Hall–Kier alpha value is -1.63. The van der Waals surface area contributed by atoms with Crippen LogP contribution in [0.15, 0.2) is 0 Å². The Labute approximate surface area is 513 Å². The zero-order valence-corrected chi connectivity index (χ0v) is 56.2. The van der Waals surface area contributed by atoms with Gasteiger partial charge in [0.2, 0.25) is 0 Å². The normalized spacial score (nSPS) is 11.6. The van der Waals surface area contributed by atoms with E-state index in [0.717, 1.165) is 38.5 Å². The summed E-state index contributed by atoms with van der Waals surface area (Å²) in [7, 11) is 0. The van der Waals surface area contributed by atoms with E-state index >= 15 is 0 Å². The molecule has 0 aliphatic rings. The van der Waals surface area contributed by atoms with Crippen molar-refractivity contribution in [2.45, 2.75) is 425 Å². The average Bonchev–Trinajstić information content (AvgIpc) is 3.47. The largest absolute Gasteiger partial charge is 0.464 e. The summed E-state index contributed by atoms with van der Waals surface area (Å²) in [5.41, 5.74) is 0. The minimum absolute atomic E-state index is 0.134. The standard InChI is InChI=1S/C75H147NO6/c1-4-7-10-13-16-19-22-25-28-31-34-37-40-43-46-49-52-55-58-61-64-73(77)80-70-67-76(68-71-81-74(78)65-62-59-56-53-50-47-44-41-38-35-32-29-26-23-20-17-14-11-8-5-2)69-72-82-75(79)66-63-60-57-54-51-48-45-42-39-36-33-30-27-24-21-18-15-12-9-6-3/h4-72H2,1-3H3. The number of esters is 3. The molecule has 0 heterocycles. The lowest BCUT2D eigenvalue weighted by Crippen LogP contribution is -2.35. The van der Waals surface area contributed by atoms with Crippen molar-refractivity contribution in [2.75, 3.05) is 39.5 Å². The molecule has 7 heteroatoms. The molecule has 0 aliphatic carbocycles. The van der Waals surface area contributed by atoms with Crippen LogP contribution in [0, 0.1) is 0 Å². The maximum atomic E-state index is 12.7. The highest BCUT2D eigenvalue weighted by molar-refractivity contribution is 5.70. The Bertz CT molecular complexity index is 1100. The van der Waals surface area contributed by atoms with Gasteiger partial charge in [0.25, 0.3) is 0 Å². The van der Waals surface area contributed by atoms with E-state index in [4.69, 9.17) is 14.2 Å². The van der Waals surface area contributed by atoms with Crippen LogP contribution in [0.1, 0.15) is 425 Å². The summed E-state index contributed by atoms with van der Waals surface area (Å²) in [6.45, 7) is 9.33. The van der Waals surface area contributed by atoms with Crippen LogP contribution in [0.4, 0.5) is 0 Å². The third kappa shape index (κ3) is 69.1. The number of carbonyl (C=O) groups is 3. The van der Waals surface area contributed by atoms with Crippen LogP contribution in [0.25, 0.3) is 0 Å². The zero-order chi connectivity index (χ0) is 59.2. The first kappa shape index (κ1) is 80.4. The van der Waals surface area contributed by atoms with Gasteiger partial charge in [-0.3, -0.25) is 19.3 Å². The highest BCUT2D eigenvalue weighted by Gasteiger charge is 2.12. The van der Waals surface area contributed by atoms with Gasteiger partial charge >= 0.3 is 17.9 Å². The van der Waals surface area contributed by atoms with Crippen molar-refractivity contribution < 1.29 is 28.6 Å². The van der Waals surface area contributed by atoms with Crippen molar-refractivity contribution in [3.63, 3.8) is 0 Å². The highest BCUT2D eigenvalue weighted by atomic mass is 16.5. The number of ether oxygens (including phenoxy) is 3. The van der Waals surface area contributed by atoms with Crippen LogP contribution < -0.4 is 0 Å². The Kier molecular flexibility index (Phi) is 70.4. The van der Waals surface area contributed by atoms with Gasteiger partial charge in [0, 0.05) is 38.9 Å². The average molecular weight is 1160 g/mol. The molecule has 0 bridgehead atoms. The SMILES string of the molecule is CCCCCCCCCCCCCCCCCCCCCCC(=O)OCCN(CCOC(=O)CCCCCCCCCCCCCCCCCCCCCC)CCOC(=O)CCCCCCCCCCCCCCCCCCCCCC. The molecule has 0 aromatic carbocycles. The van der Waals surface area contributed by atoms with E-state index in [-0.39, 0.29) is 17.9 Å². The Morgan fingerprint density at radius 1 is 0.195 bits per heavy atom. The molecule has 0 unspecified atom stereocenters. The van der Waals surface area contributed by atoms with Gasteiger partial charge in [0.05, 0.1) is 0 Å². The number of carbonyl (C=O) groups excluding carboxylic acids is 3. The summed E-state index contributed by atoms with van der Waals surface area (Å²) < 4.78 is 17.0. The predicted octanol–water partition coefficient (Wildman–Crippen LogP) is 24.6. The van der Waals surface area contributed by atoms with Gasteiger partial charge in [0.15, 0.2) is 0 Å². The molecule has 0 aliphatic heterocycles. The summed E-state index contributed by atoms with van der Waals surface area (Å²) in [6.07, 6.45) is 81.9. The lowest BCUT2D eigenvalue weighted by molar-refractivity contribution is -0.144. The van der Waals surface area contributed by atoms with Crippen LogP contribution in [-0.4, -0.2) is 62.3 Å². The fourth-order valence-electron chi connectivity index (χ4n) is 12.0. The van der Waals surface area contributed by atoms with Crippen molar-refractivity contribution in [2.24, 2.45) is 0 Å². The fourth-order valence-corrected chi connectivity index (χ4v) is 12.0. The van der Waals surface area contributed by atoms with E-state index in [1.165, 1.54) is 347 Å². The van der Waals surface area contributed by atoms with Crippen molar-refractivity contribution in [3.05, 3.63) is 0 Å². The first-order valence-electron chi connectivity index (χ1n) is 37.7. The first-order chi connectivity index (χ1) is 40.5. The minimum atomic E-state index is -0.134. The van der Waals surface area contributed by atoms with Gasteiger partial charge in [-0.1, -0.05) is 387 Å². The van der Waals surface area contributed by atoms with Crippen LogP contribution >= 0.6 is 0 Å². The van der Waals surface area contributed by atoms with Crippen LogP contribution in [0.5, 0.6) is 0 Å². The molecule has 0 saturated carbocycles. The Balaban J connectivity index is 4.25. The smallest absolute Gasteiger partial charge is 0.305 e. The molecule has 0 aromatic rings. The second-order valence-electron chi connectivity index (χ2n) is 25.9. The molecule has 7 nitrogen and oxygen atoms in total. The Morgan fingerprint density at radius 3 is 0.451 bits per heavy atom. The molecule has 82 heavy (non-hydrogen) atoms. The van der Waals surface area contributed by atoms with Crippen LogP contribution in [0.3, 0.4) is 0 Å². The van der Waals surface area contributed by atoms with Crippen molar-refractivity contribution in [3.8, 4) is 0 Å². The van der Waals surface area contributed by atoms with E-state index in [1.807, 2.05) is 0 Å². The van der Waals surface area contributed by atoms with Crippen molar-refractivity contribution >= 4 is 17.9 Å². The molecule has 0 rings (SSSR count). The maximum absolute atomic E-state index is 12.7. The number of hydrogen-bond donors (Lipinski definition) is 0. The number of hydrogen-bond acceptors (Lipinski definition) is 7. The minimum Gasteiger partial charge on any atom is -0.464 e. The van der Waals surface area contributed by atoms with Crippen molar-refractivity contribution in [1.29, 1.82) is 0 Å². The summed E-state index contributed by atoms with van der Waals surface area (Å²) in [5, 5.41) is 0. The summed E-state index contributed by atoms with van der Waals surface area (Å²) in [4.78, 5) is 40.1. The number of unbranched alkanes of at least 4 members (excludes halogenated alkanes) is 57. The first-order valence-corrected chi connectivity index (χ1v) is 37.7. The summed E-state index contributed by atoms with van der Waals surface area (Å²) in [5.74, 6) is -0.403. The third-order valence-corrected chi connectivity index (χ3v) is 17.7. The molecular weight excluding hydrogens is 1010 g/mol. The second-order valence-corrected chi connectivity index (χ2v) is 25.9. The van der Waals surface area contributed by atoms with Crippen LogP contribution in [0.2, 0.25) is 0 Å². The van der Waals surface area contributed by atoms with Gasteiger partial charge in [-0.15, -0.1) is 0 Å².